The Bertz CT molecular complexity index is 64.0. The van der Waals surface area contributed by atoms with Crippen LogP contribution in [0.4, 0.5) is 0 Å². The first-order valence-electron chi connectivity index (χ1n) is 1.55. The second-order valence-electron chi connectivity index (χ2n) is 1.18. The summed E-state index contributed by atoms with van der Waals surface area (Å²) in [6.07, 6.45) is 0. The van der Waals surface area contributed by atoms with Crippen molar-refractivity contribution < 1.29 is 21.1 Å². The van der Waals surface area contributed by atoms with E-state index in [0.717, 1.165) is 0 Å². The van der Waals surface area contributed by atoms with E-state index in [0.29, 0.717) is 4.32 Å². The van der Waals surface area contributed by atoms with Crippen LogP contribution < -0.4 is 0 Å². The van der Waals surface area contributed by atoms with Gasteiger partial charge in [-0.1, -0.05) is 12.2 Å². The Morgan fingerprint density at radius 2 is 1.71 bits per heavy atom. The average Bonchev–Trinajstić information content (AvgIpc) is 1.36. The first-order chi connectivity index (χ1) is 2.64. The molecule has 0 aromatic rings. The molecule has 0 heterocycles. The zero-order valence-corrected chi connectivity index (χ0v) is 7.93. The Kier molecular flexibility index (Phi) is 7.85. The summed E-state index contributed by atoms with van der Waals surface area (Å²) in [5.74, 6) is 0. The van der Waals surface area contributed by atoms with Crippen molar-refractivity contribution in [1.29, 1.82) is 0 Å². The zero-order chi connectivity index (χ0) is 5.15. The molecular formula is C3H7MoNS2. The van der Waals surface area contributed by atoms with Crippen LogP contribution in [0.15, 0.2) is 0 Å². The summed E-state index contributed by atoms with van der Waals surface area (Å²) in [5, 5.41) is 0. The average molecular weight is 217 g/mol. The van der Waals surface area contributed by atoms with Gasteiger partial charge in [0.05, 0.1) is 0 Å². The molecule has 0 aliphatic rings. The van der Waals surface area contributed by atoms with Gasteiger partial charge in [0.25, 0.3) is 0 Å². The summed E-state index contributed by atoms with van der Waals surface area (Å²) in [7, 11) is 3.71. The molecule has 0 radical (unpaired) electrons. The van der Waals surface area contributed by atoms with Crippen LogP contribution in [-0.2, 0) is 21.1 Å². The minimum atomic E-state index is 0. The topological polar surface area (TPSA) is 3.24 Å². The van der Waals surface area contributed by atoms with Crippen molar-refractivity contribution in [2.75, 3.05) is 14.1 Å². The molecule has 42 valence electrons. The van der Waals surface area contributed by atoms with Crippen molar-refractivity contribution in [3.05, 3.63) is 0 Å². The third-order valence-electron chi connectivity index (χ3n) is 0.383. The van der Waals surface area contributed by atoms with E-state index in [1.54, 1.807) is 4.90 Å². The molecule has 0 unspecified atom stereocenters. The van der Waals surface area contributed by atoms with E-state index < -0.39 is 0 Å². The summed E-state index contributed by atoms with van der Waals surface area (Å²) >= 11 is 8.46. The molecule has 0 fully saturated rings. The van der Waals surface area contributed by atoms with Crippen LogP contribution in [0.1, 0.15) is 0 Å². The normalized spacial score (nSPS) is 6.71. The van der Waals surface area contributed by atoms with Gasteiger partial charge in [0.2, 0.25) is 0 Å². The van der Waals surface area contributed by atoms with Gasteiger partial charge in [-0.2, -0.15) is 0 Å². The van der Waals surface area contributed by atoms with Gasteiger partial charge in [-0.05, 0) is 0 Å². The number of rotatable bonds is 0. The van der Waals surface area contributed by atoms with E-state index in [1.165, 1.54) is 0 Å². The minimum Gasteiger partial charge on any atom is -0.364 e. The molecule has 7 heavy (non-hydrogen) atoms. The van der Waals surface area contributed by atoms with Crippen LogP contribution in [0.25, 0.3) is 0 Å². The van der Waals surface area contributed by atoms with Gasteiger partial charge in [0.1, 0.15) is 4.32 Å². The molecule has 0 aliphatic carbocycles. The van der Waals surface area contributed by atoms with Crippen LogP contribution in [0, 0.1) is 0 Å². The van der Waals surface area contributed by atoms with Gasteiger partial charge in [-0.15, -0.1) is 12.6 Å². The van der Waals surface area contributed by atoms with Crippen LogP contribution in [0.3, 0.4) is 0 Å². The van der Waals surface area contributed by atoms with Crippen LogP contribution in [0.5, 0.6) is 0 Å². The van der Waals surface area contributed by atoms with E-state index in [1.807, 2.05) is 14.1 Å². The molecule has 0 bridgehead atoms. The van der Waals surface area contributed by atoms with Gasteiger partial charge in [-0.3, -0.25) is 0 Å². The largest absolute Gasteiger partial charge is 0.364 e. The Labute approximate surface area is 69.1 Å². The first kappa shape index (κ1) is 10.8. The molecule has 0 N–H and O–H groups in total. The number of thiol groups is 1. The quantitative estimate of drug-likeness (QED) is 0.362. The second-order valence-corrected chi connectivity index (χ2v) is 2.29. The fourth-order valence-corrected chi connectivity index (χ4v) is 0. The van der Waals surface area contributed by atoms with Crippen molar-refractivity contribution in [1.82, 2.24) is 4.90 Å². The van der Waals surface area contributed by atoms with E-state index in [2.05, 4.69) is 24.8 Å². The van der Waals surface area contributed by atoms with Crippen molar-refractivity contribution in [3.63, 3.8) is 0 Å². The molecule has 0 rings (SSSR count). The molecule has 0 atom stereocenters. The van der Waals surface area contributed by atoms with Crippen molar-refractivity contribution >= 4 is 29.2 Å². The molecule has 0 spiro atoms. The second kappa shape index (κ2) is 5.07. The monoisotopic (exact) mass is 219 g/mol. The standard InChI is InChI=1S/C3H7NS2.Mo/c1-4(2)3(5)6;/h1-2H3,(H,5,6);. The Morgan fingerprint density at radius 1 is 1.57 bits per heavy atom. The third-order valence-corrected chi connectivity index (χ3v) is 1.15. The van der Waals surface area contributed by atoms with Gasteiger partial charge in [0.15, 0.2) is 0 Å². The SMILES string of the molecule is CN(C)C(=S)S.[Mo]. The summed E-state index contributed by atoms with van der Waals surface area (Å²) < 4.78 is 0.620. The third kappa shape index (κ3) is 6.93. The zero-order valence-electron chi connectivity index (χ0n) is 4.21. The predicted molar refractivity (Wildman–Crippen MR) is 35.3 cm³/mol. The first-order valence-corrected chi connectivity index (χ1v) is 2.40. The smallest absolute Gasteiger partial charge is 0.132 e. The number of hydrogen-bond donors (Lipinski definition) is 1. The van der Waals surface area contributed by atoms with Gasteiger partial charge >= 0.3 is 0 Å². The molecule has 1 nitrogen and oxygen atoms in total. The van der Waals surface area contributed by atoms with Crippen molar-refractivity contribution in [2.24, 2.45) is 0 Å². The Morgan fingerprint density at radius 3 is 1.71 bits per heavy atom. The summed E-state index contributed by atoms with van der Waals surface area (Å²) in [4.78, 5) is 1.76. The van der Waals surface area contributed by atoms with E-state index in [4.69, 9.17) is 0 Å². The van der Waals surface area contributed by atoms with E-state index in [-0.39, 0.29) is 21.1 Å². The van der Waals surface area contributed by atoms with Crippen LogP contribution in [-0.4, -0.2) is 23.3 Å². The molecule has 0 amide bonds. The Hall–Kier alpha value is 0.928. The van der Waals surface area contributed by atoms with Crippen LogP contribution >= 0.6 is 24.8 Å². The van der Waals surface area contributed by atoms with Gasteiger partial charge in [-0.25, -0.2) is 0 Å². The maximum absolute atomic E-state index is 4.61. The number of thiocarbonyl (C=S) groups is 1. The fraction of sp³-hybridized carbons (Fsp3) is 0.667. The van der Waals surface area contributed by atoms with Gasteiger partial charge in [0, 0.05) is 35.2 Å². The summed E-state index contributed by atoms with van der Waals surface area (Å²) in [6.45, 7) is 0. The molecule has 0 saturated heterocycles. The molecule has 0 aliphatic heterocycles. The fourth-order valence-electron chi connectivity index (χ4n) is 0. The predicted octanol–water partition coefficient (Wildman–Crippen LogP) is 0.760. The van der Waals surface area contributed by atoms with Gasteiger partial charge < -0.3 is 4.90 Å². The van der Waals surface area contributed by atoms with E-state index in [9.17, 15) is 0 Å². The molecule has 4 heteroatoms. The van der Waals surface area contributed by atoms with Crippen molar-refractivity contribution in [2.45, 2.75) is 0 Å². The maximum Gasteiger partial charge on any atom is 0.132 e. The summed E-state index contributed by atoms with van der Waals surface area (Å²) in [6, 6.07) is 0. The van der Waals surface area contributed by atoms with E-state index >= 15 is 0 Å². The molecular weight excluding hydrogens is 210 g/mol. The maximum atomic E-state index is 4.61. The summed E-state index contributed by atoms with van der Waals surface area (Å²) in [5.41, 5.74) is 0. The number of nitrogens with zero attached hydrogens (tertiary/aromatic N) is 1. The molecule has 0 saturated carbocycles. The Balaban J connectivity index is 0. The number of hydrogen-bond acceptors (Lipinski definition) is 1. The van der Waals surface area contributed by atoms with Crippen LogP contribution in [0.2, 0.25) is 0 Å². The molecule has 0 aromatic heterocycles. The minimum absolute atomic E-state index is 0. The molecule has 0 aromatic carbocycles. The van der Waals surface area contributed by atoms with Crippen molar-refractivity contribution in [3.8, 4) is 0 Å².